The number of piperidine rings is 1. The summed E-state index contributed by atoms with van der Waals surface area (Å²) in [6.45, 7) is 0.490. The van der Waals surface area contributed by atoms with Crippen LogP contribution in [0.25, 0.3) is 0 Å². The van der Waals surface area contributed by atoms with Gasteiger partial charge < -0.3 is 15.1 Å². The van der Waals surface area contributed by atoms with Crippen LogP contribution in [-0.2, 0) is 9.59 Å². The van der Waals surface area contributed by atoms with Crippen LogP contribution in [0, 0.1) is 5.82 Å². The predicted molar refractivity (Wildman–Crippen MR) is 117 cm³/mol. The van der Waals surface area contributed by atoms with Crippen molar-refractivity contribution in [1.29, 1.82) is 0 Å². The maximum Gasteiger partial charge on any atom is 0.253 e. The van der Waals surface area contributed by atoms with Gasteiger partial charge in [0.2, 0.25) is 11.8 Å². The summed E-state index contributed by atoms with van der Waals surface area (Å²) in [5.74, 6) is -1.41. The summed E-state index contributed by atoms with van der Waals surface area (Å²) in [6.07, 6.45) is 2.63. The van der Waals surface area contributed by atoms with E-state index in [-0.39, 0.29) is 30.1 Å². The molecule has 2 aliphatic rings. The normalized spacial score (nSPS) is 17.6. The van der Waals surface area contributed by atoms with Crippen molar-refractivity contribution in [3.8, 4) is 0 Å². The highest BCUT2D eigenvalue weighted by Gasteiger charge is 2.40. The Kier molecular flexibility index (Phi) is 5.63. The molecule has 4 rings (SSSR count). The van der Waals surface area contributed by atoms with Gasteiger partial charge in [0, 0.05) is 26.2 Å². The minimum Gasteiger partial charge on any atom is -0.358 e. The fraction of sp³-hybridized carbons (Fsp3) is 0.348. The Morgan fingerprint density at radius 2 is 1.90 bits per heavy atom. The van der Waals surface area contributed by atoms with E-state index in [1.54, 1.807) is 32.3 Å². The van der Waals surface area contributed by atoms with Crippen molar-refractivity contribution in [3.05, 3.63) is 53.8 Å². The summed E-state index contributed by atoms with van der Waals surface area (Å²) < 4.78 is 13.9. The maximum absolute atomic E-state index is 13.9. The molecule has 0 bridgehead atoms. The molecule has 2 aromatic rings. The molecule has 8 heteroatoms. The molecule has 0 aromatic heterocycles. The molecule has 7 nitrogen and oxygen atoms in total. The molecule has 0 unspecified atom stereocenters. The summed E-state index contributed by atoms with van der Waals surface area (Å²) in [6, 6.07) is 10.8. The van der Waals surface area contributed by atoms with Crippen molar-refractivity contribution in [3.63, 3.8) is 0 Å². The summed E-state index contributed by atoms with van der Waals surface area (Å²) in [4.78, 5) is 43.5. The minimum absolute atomic E-state index is 0.0630. The van der Waals surface area contributed by atoms with E-state index >= 15 is 0 Å². The van der Waals surface area contributed by atoms with Gasteiger partial charge in [-0.25, -0.2) is 4.39 Å². The number of para-hydroxylation sites is 1. The van der Waals surface area contributed by atoms with E-state index in [1.165, 1.54) is 28.0 Å². The summed E-state index contributed by atoms with van der Waals surface area (Å²) in [7, 11) is 3.32. The fourth-order valence-electron chi connectivity index (χ4n) is 4.21. The van der Waals surface area contributed by atoms with Gasteiger partial charge in [0.1, 0.15) is 18.4 Å². The van der Waals surface area contributed by atoms with Crippen LogP contribution in [0.5, 0.6) is 0 Å². The number of nitrogens with zero attached hydrogens (tertiary/aromatic N) is 3. The lowest BCUT2D eigenvalue weighted by atomic mass is 9.95. The lowest BCUT2D eigenvalue weighted by Crippen LogP contribution is -2.56. The van der Waals surface area contributed by atoms with Crippen molar-refractivity contribution < 1.29 is 18.8 Å². The van der Waals surface area contributed by atoms with Gasteiger partial charge in [0.05, 0.1) is 17.1 Å². The molecule has 162 valence electrons. The molecule has 0 aliphatic carbocycles. The van der Waals surface area contributed by atoms with Gasteiger partial charge in [0.25, 0.3) is 5.91 Å². The number of fused-ring (bicyclic) bond motifs is 3. The quantitative estimate of drug-likeness (QED) is 0.819. The first-order chi connectivity index (χ1) is 14.9. The van der Waals surface area contributed by atoms with Crippen LogP contribution < -0.4 is 15.1 Å². The molecule has 31 heavy (non-hydrogen) atoms. The standard InChI is InChI=1S/C23H25FN4O3/c1-26(2)22(30)15-10-11-18-20(13-15)28(23(31)19-9-5-6-12-27(18)19)14-21(29)25-17-8-4-3-7-16(17)24/h3-4,7-8,10-11,13,19H,5-6,9,12,14H2,1-2H3,(H,25,29)/t19-/m1/s1. The van der Waals surface area contributed by atoms with Crippen LogP contribution in [-0.4, -0.2) is 55.8 Å². The van der Waals surface area contributed by atoms with Gasteiger partial charge >= 0.3 is 0 Å². The highest BCUT2D eigenvalue weighted by atomic mass is 19.1. The van der Waals surface area contributed by atoms with Gasteiger partial charge in [-0.1, -0.05) is 12.1 Å². The largest absolute Gasteiger partial charge is 0.358 e. The zero-order chi connectivity index (χ0) is 22.1. The van der Waals surface area contributed by atoms with E-state index in [1.807, 2.05) is 6.07 Å². The van der Waals surface area contributed by atoms with Crippen LogP contribution in [0.1, 0.15) is 29.6 Å². The van der Waals surface area contributed by atoms with Gasteiger partial charge in [0.15, 0.2) is 0 Å². The second-order valence-electron chi connectivity index (χ2n) is 8.06. The number of carbonyl (C=O) groups is 3. The summed E-state index contributed by atoms with van der Waals surface area (Å²) >= 11 is 0. The van der Waals surface area contributed by atoms with E-state index in [9.17, 15) is 18.8 Å². The number of hydrogen-bond acceptors (Lipinski definition) is 4. The number of anilines is 3. The second-order valence-corrected chi connectivity index (χ2v) is 8.06. The Balaban J connectivity index is 1.68. The van der Waals surface area contributed by atoms with Crippen LogP contribution >= 0.6 is 0 Å². The van der Waals surface area contributed by atoms with Crippen molar-refractivity contribution in [1.82, 2.24) is 4.90 Å². The smallest absolute Gasteiger partial charge is 0.253 e. The summed E-state index contributed by atoms with van der Waals surface area (Å²) in [5, 5.41) is 2.54. The molecule has 1 N–H and O–H groups in total. The van der Waals surface area contributed by atoms with Crippen molar-refractivity contribution in [2.45, 2.75) is 25.3 Å². The zero-order valence-corrected chi connectivity index (χ0v) is 17.6. The Morgan fingerprint density at radius 1 is 1.13 bits per heavy atom. The first-order valence-electron chi connectivity index (χ1n) is 10.3. The molecule has 2 aromatic carbocycles. The van der Waals surface area contributed by atoms with Crippen LogP contribution in [0.2, 0.25) is 0 Å². The Morgan fingerprint density at radius 3 is 2.65 bits per heavy atom. The number of rotatable bonds is 4. The average Bonchev–Trinajstić information content (AvgIpc) is 2.77. The maximum atomic E-state index is 13.9. The van der Waals surface area contributed by atoms with Crippen molar-refractivity contribution in [2.24, 2.45) is 0 Å². The first-order valence-corrected chi connectivity index (χ1v) is 10.3. The molecule has 2 heterocycles. The molecule has 1 saturated heterocycles. The third-order valence-corrected chi connectivity index (χ3v) is 5.73. The SMILES string of the molecule is CN(C)C(=O)c1ccc2c(c1)N(CC(=O)Nc1ccccc1F)C(=O)[C@H]1CCCCN21. The van der Waals surface area contributed by atoms with Gasteiger partial charge in [-0.2, -0.15) is 0 Å². The van der Waals surface area contributed by atoms with Gasteiger partial charge in [-0.15, -0.1) is 0 Å². The number of nitrogens with one attached hydrogen (secondary N) is 1. The molecule has 3 amide bonds. The number of hydrogen-bond donors (Lipinski definition) is 1. The Labute approximate surface area is 180 Å². The van der Waals surface area contributed by atoms with Crippen LogP contribution in [0.15, 0.2) is 42.5 Å². The van der Waals surface area contributed by atoms with E-state index in [4.69, 9.17) is 0 Å². The van der Waals surface area contributed by atoms with E-state index in [0.717, 1.165) is 25.1 Å². The topological polar surface area (TPSA) is 73.0 Å². The highest BCUT2D eigenvalue weighted by molar-refractivity contribution is 6.11. The van der Waals surface area contributed by atoms with Crippen LogP contribution in [0.3, 0.4) is 0 Å². The van der Waals surface area contributed by atoms with E-state index in [0.29, 0.717) is 17.7 Å². The molecule has 1 atom stereocenters. The molecule has 1 fully saturated rings. The number of benzene rings is 2. The number of carbonyl (C=O) groups excluding carboxylic acids is 3. The molecule has 0 spiro atoms. The fourth-order valence-corrected chi connectivity index (χ4v) is 4.21. The number of halogens is 1. The molecular weight excluding hydrogens is 399 g/mol. The van der Waals surface area contributed by atoms with Gasteiger partial charge in [-0.05, 0) is 49.6 Å². The Hall–Kier alpha value is -3.42. The molecule has 0 saturated carbocycles. The lowest BCUT2D eigenvalue weighted by Gasteiger charge is -2.45. The average molecular weight is 424 g/mol. The summed E-state index contributed by atoms with van der Waals surface area (Å²) in [5.41, 5.74) is 1.86. The third-order valence-electron chi connectivity index (χ3n) is 5.73. The monoisotopic (exact) mass is 424 g/mol. The Bertz CT molecular complexity index is 1040. The van der Waals surface area contributed by atoms with E-state index in [2.05, 4.69) is 10.2 Å². The highest BCUT2D eigenvalue weighted by Crippen LogP contribution is 2.40. The zero-order valence-electron chi connectivity index (χ0n) is 17.6. The number of amides is 3. The van der Waals surface area contributed by atoms with Crippen LogP contribution in [0.4, 0.5) is 21.5 Å². The van der Waals surface area contributed by atoms with E-state index < -0.39 is 11.7 Å². The first kappa shape index (κ1) is 20.8. The lowest BCUT2D eigenvalue weighted by molar-refractivity contribution is -0.123. The van der Waals surface area contributed by atoms with Crippen molar-refractivity contribution in [2.75, 3.05) is 42.3 Å². The van der Waals surface area contributed by atoms with Crippen molar-refractivity contribution >= 4 is 34.8 Å². The second kappa shape index (κ2) is 8.37. The molecular formula is C23H25FN4O3. The third kappa shape index (κ3) is 3.97. The van der Waals surface area contributed by atoms with Gasteiger partial charge in [-0.3, -0.25) is 19.3 Å². The molecule has 2 aliphatic heterocycles. The molecule has 0 radical (unpaired) electrons. The minimum atomic E-state index is -0.543. The predicted octanol–water partition coefficient (Wildman–Crippen LogP) is 2.87.